The molecule has 2 aromatic carbocycles. The van der Waals surface area contributed by atoms with E-state index in [-0.39, 0.29) is 23.9 Å². The molecule has 3 N–H and O–H groups in total. The normalized spacial score (nSPS) is 18.2. The zero-order valence-electron chi connectivity index (χ0n) is 16.8. The Bertz CT molecular complexity index is 742. The number of nitrogens with two attached hydrogens (primary N) is 1. The van der Waals surface area contributed by atoms with Gasteiger partial charge in [0, 0.05) is 25.7 Å². The maximum Gasteiger partial charge on any atom is 0.224 e. The molecule has 1 heterocycles. The number of carbonyl (C=O) groups is 1. The van der Waals surface area contributed by atoms with E-state index in [2.05, 4.69) is 41.4 Å². The van der Waals surface area contributed by atoms with Crippen LogP contribution in [-0.2, 0) is 9.53 Å². The quantitative estimate of drug-likeness (QED) is 0.774. The minimum absolute atomic E-state index is 0.0123. The third kappa shape index (κ3) is 5.19. The lowest BCUT2D eigenvalue weighted by Gasteiger charge is -2.35. The second kappa shape index (κ2) is 9.82. The van der Waals surface area contributed by atoms with E-state index in [0.717, 1.165) is 31.9 Å². The maximum absolute atomic E-state index is 12.8. The molecule has 5 nitrogen and oxygen atoms in total. The highest BCUT2D eigenvalue weighted by Crippen LogP contribution is 2.23. The molecule has 3 atom stereocenters. The number of nitrogens with one attached hydrogen (secondary N) is 1. The molecule has 0 radical (unpaired) electrons. The zero-order valence-corrected chi connectivity index (χ0v) is 16.8. The third-order valence-electron chi connectivity index (χ3n) is 5.55. The summed E-state index contributed by atoms with van der Waals surface area (Å²) in [5, 5.41) is 3.14. The van der Waals surface area contributed by atoms with Gasteiger partial charge in [-0.15, -0.1) is 0 Å². The number of benzene rings is 2. The molecular formula is C23H31N3O2. The van der Waals surface area contributed by atoms with Crippen LogP contribution in [0.25, 0.3) is 0 Å². The first kappa shape index (κ1) is 20.5. The molecule has 0 aliphatic carbocycles. The summed E-state index contributed by atoms with van der Waals surface area (Å²) in [4.78, 5) is 15.2. The average molecular weight is 382 g/mol. The van der Waals surface area contributed by atoms with Gasteiger partial charge in [0.2, 0.25) is 5.91 Å². The van der Waals surface area contributed by atoms with E-state index in [1.165, 1.54) is 11.1 Å². The van der Waals surface area contributed by atoms with Gasteiger partial charge in [0.15, 0.2) is 0 Å². The molecule has 0 saturated carbocycles. The summed E-state index contributed by atoms with van der Waals surface area (Å²) in [5.74, 6) is -0.313. The van der Waals surface area contributed by atoms with Crippen LogP contribution >= 0.6 is 0 Å². The van der Waals surface area contributed by atoms with Gasteiger partial charge in [-0.1, -0.05) is 67.1 Å². The first-order chi connectivity index (χ1) is 13.6. The molecule has 5 heteroatoms. The van der Waals surface area contributed by atoms with Gasteiger partial charge in [-0.25, -0.2) is 0 Å². The fraction of sp³-hybridized carbons (Fsp3) is 0.435. The molecule has 1 amide bonds. The second-order valence-corrected chi connectivity index (χ2v) is 7.55. The van der Waals surface area contributed by atoms with E-state index >= 15 is 0 Å². The molecule has 1 fully saturated rings. The van der Waals surface area contributed by atoms with Crippen molar-refractivity contribution in [2.75, 3.05) is 32.8 Å². The van der Waals surface area contributed by atoms with E-state index in [4.69, 9.17) is 10.5 Å². The van der Waals surface area contributed by atoms with E-state index < -0.39 is 0 Å². The molecule has 0 spiro atoms. The van der Waals surface area contributed by atoms with Crippen molar-refractivity contribution in [3.05, 3.63) is 71.3 Å². The van der Waals surface area contributed by atoms with E-state index in [0.29, 0.717) is 6.54 Å². The monoisotopic (exact) mass is 381 g/mol. The summed E-state index contributed by atoms with van der Waals surface area (Å²) in [6.45, 7) is 7.73. The molecule has 0 bridgehead atoms. The van der Waals surface area contributed by atoms with Crippen LogP contribution < -0.4 is 11.1 Å². The lowest BCUT2D eigenvalue weighted by molar-refractivity contribution is -0.125. The summed E-state index contributed by atoms with van der Waals surface area (Å²) < 4.78 is 5.50. The van der Waals surface area contributed by atoms with Crippen molar-refractivity contribution >= 4 is 5.91 Å². The molecule has 1 aliphatic rings. The van der Waals surface area contributed by atoms with Gasteiger partial charge < -0.3 is 15.8 Å². The molecule has 150 valence electrons. The van der Waals surface area contributed by atoms with Crippen molar-refractivity contribution in [3.63, 3.8) is 0 Å². The first-order valence-electron chi connectivity index (χ1n) is 10.0. The lowest BCUT2D eigenvalue weighted by atomic mass is 9.94. The summed E-state index contributed by atoms with van der Waals surface area (Å²) >= 11 is 0. The molecule has 0 aromatic heterocycles. The molecule has 2 aromatic rings. The minimum atomic E-state index is -0.317. The predicted molar refractivity (Wildman–Crippen MR) is 112 cm³/mol. The smallest absolute Gasteiger partial charge is 0.224 e. The number of morpholine rings is 1. The summed E-state index contributed by atoms with van der Waals surface area (Å²) in [6, 6.07) is 18.2. The van der Waals surface area contributed by atoms with Gasteiger partial charge in [-0.05, 0) is 18.1 Å². The van der Waals surface area contributed by atoms with E-state index in [1.54, 1.807) is 0 Å². The van der Waals surface area contributed by atoms with Crippen LogP contribution in [0.2, 0.25) is 0 Å². The van der Waals surface area contributed by atoms with Crippen LogP contribution in [0.15, 0.2) is 54.6 Å². The highest BCUT2D eigenvalue weighted by atomic mass is 16.5. The minimum Gasteiger partial charge on any atom is -0.379 e. The van der Waals surface area contributed by atoms with Crippen molar-refractivity contribution in [2.24, 2.45) is 11.7 Å². The van der Waals surface area contributed by atoms with Gasteiger partial charge in [-0.3, -0.25) is 9.69 Å². The number of ether oxygens (including phenoxy) is 1. The van der Waals surface area contributed by atoms with Gasteiger partial charge in [0.25, 0.3) is 0 Å². The highest BCUT2D eigenvalue weighted by molar-refractivity contribution is 5.79. The van der Waals surface area contributed by atoms with Crippen LogP contribution in [0.1, 0.15) is 35.7 Å². The Morgan fingerprint density at radius 1 is 1.07 bits per heavy atom. The number of hydrogen-bond donors (Lipinski definition) is 2. The van der Waals surface area contributed by atoms with Crippen molar-refractivity contribution in [2.45, 2.75) is 25.9 Å². The van der Waals surface area contributed by atoms with Gasteiger partial charge in [0.05, 0.1) is 25.2 Å². The number of aryl methyl sites for hydroxylation is 1. The van der Waals surface area contributed by atoms with Crippen molar-refractivity contribution in [1.29, 1.82) is 0 Å². The largest absolute Gasteiger partial charge is 0.379 e. The van der Waals surface area contributed by atoms with Crippen LogP contribution in [0.3, 0.4) is 0 Å². The topological polar surface area (TPSA) is 67.6 Å². The standard InChI is InChI=1S/C23H31N3O2/c1-17-8-10-19(11-9-17)21(26-12-14-28-15-13-26)16-25-23(27)18(2)22(24)20-6-4-3-5-7-20/h3-11,18,21-22H,12-16,24H2,1-2H3,(H,25,27). The molecule has 28 heavy (non-hydrogen) atoms. The average Bonchev–Trinajstić information content (AvgIpc) is 2.75. The number of rotatable bonds is 7. The summed E-state index contributed by atoms with van der Waals surface area (Å²) in [7, 11) is 0. The number of hydrogen-bond acceptors (Lipinski definition) is 4. The molecule has 3 unspecified atom stereocenters. The molecule has 1 saturated heterocycles. The Kier molecular flexibility index (Phi) is 7.20. The van der Waals surface area contributed by atoms with Crippen molar-refractivity contribution in [3.8, 4) is 0 Å². The highest BCUT2D eigenvalue weighted by Gasteiger charge is 2.26. The second-order valence-electron chi connectivity index (χ2n) is 7.55. The molecular weight excluding hydrogens is 350 g/mol. The Labute approximate surface area is 167 Å². The van der Waals surface area contributed by atoms with Crippen molar-refractivity contribution < 1.29 is 9.53 Å². The van der Waals surface area contributed by atoms with E-state index in [9.17, 15) is 4.79 Å². The van der Waals surface area contributed by atoms with Crippen LogP contribution in [-0.4, -0.2) is 43.7 Å². The molecule has 1 aliphatic heterocycles. The number of amides is 1. The Hall–Kier alpha value is -2.21. The first-order valence-corrected chi connectivity index (χ1v) is 10.0. The van der Waals surface area contributed by atoms with Gasteiger partial charge in [0.1, 0.15) is 0 Å². The summed E-state index contributed by atoms with van der Waals surface area (Å²) in [6.07, 6.45) is 0. The van der Waals surface area contributed by atoms with Crippen LogP contribution in [0.5, 0.6) is 0 Å². The third-order valence-corrected chi connectivity index (χ3v) is 5.55. The van der Waals surface area contributed by atoms with Crippen molar-refractivity contribution in [1.82, 2.24) is 10.2 Å². The fourth-order valence-corrected chi connectivity index (χ4v) is 3.62. The number of carbonyl (C=O) groups excluding carboxylic acids is 1. The molecule has 3 rings (SSSR count). The van der Waals surface area contributed by atoms with E-state index in [1.807, 2.05) is 37.3 Å². The maximum atomic E-state index is 12.8. The SMILES string of the molecule is Cc1ccc(C(CNC(=O)C(C)C(N)c2ccccc2)N2CCOCC2)cc1. The fourth-order valence-electron chi connectivity index (χ4n) is 3.62. The van der Waals surface area contributed by atoms with Gasteiger partial charge >= 0.3 is 0 Å². The lowest BCUT2D eigenvalue weighted by Crippen LogP contribution is -2.45. The Morgan fingerprint density at radius 2 is 1.71 bits per heavy atom. The summed E-state index contributed by atoms with van der Waals surface area (Å²) in [5.41, 5.74) is 9.76. The predicted octanol–water partition coefficient (Wildman–Crippen LogP) is 2.82. The number of nitrogens with zero attached hydrogens (tertiary/aromatic N) is 1. The Balaban J connectivity index is 1.66. The Morgan fingerprint density at radius 3 is 2.36 bits per heavy atom. The van der Waals surface area contributed by atoms with Crippen LogP contribution in [0.4, 0.5) is 0 Å². The van der Waals surface area contributed by atoms with Gasteiger partial charge in [-0.2, -0.15) is 0 Å². The van der Waals surface area contributed by atoms with Crippen LogP contribution in [0, 0.1) is 12.8 Å². The zero-order chi connectivity index (χ0) is 19.9.